The molecule has 1 aliphatic rings. The zero-order valence-corrected chi connectivity index (χ0v) is 27.0. The molecule has 220 valence electrons. The van der Waals surface area contributed by atoms with Gasteiger partial charge in [-0.15, -0.1) is 0 Å². The second kappa shape index (κ2) is 9.18. The van der Waals surface area contributed by atoms with Crippen molar-refractivity contribution < 1.29 is 15.8 Å². The van der Waals surface area contributed by atoms with E-state index in [9.17, 15) is 2.74 Å². The Morgan fingerprint density at radius 3 is 2.14 bits per heavy atom. The normalized spacial score (nSPS) is 18.8. The molecule has 0 unspecified atom stereocenters. The van der Waals surface area contributed by atoms with E-state index in [4.69, 9.17) is 8.53 Å². The van der Waals surface area contributed by atoms with Gasteiger partial charge in [0.2, 0.25) is 5.69 Å². The fraction of sp³-hybridized carbons (Fsp3) is 0.390. The molecule has 2 heteroatoms. The highest BCUT2D eigenvalue weighted by Gasteiger charge is 2.40. The number of aryl methyl sites for hydroxylation is 3. The molecule has 0 fully saturated rings. The van der Waals surface area contributed by atoms with Crippen LogP contribution < -0.4 is 4.57 Å². The molecule has 2 heterocycles. The number of hydrogen-bond donors (Lipinski definition) is 0. The molecule has 6 aromatic rings. The summed E-state index contributed by atoms with van der Waals surface area (Å²) in [6.45, 7) is 14.5. The fourth-order valence-electron chi connectivity index (χ4n) is 7.65. The van der Waals surface area contributed by atoms with Crippen molar-refractivity contribution in [3.63, 3.8) is 0 Å². The fourth-order valence-corrected chi connectivity index (χ4v) is 7.65. The molecule has 43 heavy (non-hydrogen) atoms. The molecule has 0 bridgehead atoms. The van der Waals surface area contributed by atoms with Crippen molar-refractivity contribution in [2.75, 3.05) is 0 Å². The van der Waals surface area contributed by atoms with Crippen molar-refractivity contribution in [2.24, 2.45) is 12.5 Å². The van der Waals surface area contributed by atoms with Gasteiger partial charge in [-0.25, -0.2) is 4.57 Å². The van der Waals surface area contributed by atoms with Crippen molar-refractivity contribution in [1.29, 1.82) is 0 Å². The van der Waals surface area contributed by atoms with E-state index in [-0.39, 0.29) is 22.0 Å². The van der Waals surface area contributed by atoms with Crippen LogP contribution in [0.1, 0.15) is 96.0 Å². The minimum atomic E-state index is -2.48. The summed E-state index contributed by atoms with van der Waals surface area (Å²) < 4.78 is 52.3. The second-order valence-electron chi connectivity index (χ2n) is 15.1. The summed E-state index contributed by atoms with van der Waals surface area (Å²) in [6.07, 6.45) is 1.86. The smallest absolute Gasteiger partial charge is 0.216 e. The Bertz CT molecular complexity index is 2310. The Morgan fingerprint density at radius 2 is 1.44 bits per heavy atom. The highest BCUT2D eigenvalue weighted by atomic mass is 16.3. The van der Waals surface area contributed by atoms with Crippen LogP contribution >= 0.6 is 0 Å². The monoisotopic (exact) mass is 573 g/mol. The Morgan fingerprint density at radius 1 is 0.814 bits per heavy atom. The maximum Gasteiger partial charge on any atom is 0.216 e. The van der Waals surface area contributed by atoms with Crippen LogP contribution in [-0.4, -0.2) is 0 Å². The number of benzene rings is 4. The van der Waals surface area contributed by atoms with E-state index >= 15 is 0 Å². The lowest BCUT2D eigenvalue weighted by molar-refractivity contribution is -0.660. The zero-order valence-electron chi connectivity index (χ0n) is 32.0. The van der Waals surface area contributed by atoms with Gasteiger partial charge in [0.05, 0.1) is 5.56 Å². The molecule has 4 aromatic carbocycles. The standard InChI is InChI=1S/C41H46NO/c1-24-15-16-30-31-18-17-28-27-13-11-12-14-29(27)35-36(41(8,9)20-19-40(35,6)7)34(28)38(31)43-37(30)33(24)32-21-26(22-39(3,4)5)25(2)23-42(32)10/h11-18,21,23H,19-20,22H2,1-10H3/q+1/i2D3,22D2. The first-order valence-electron chi connectivity index (χ1n) is 18.1. The predicted molar refractivity (Wildman–Crippen MR) is 183 cm³/mol. The third-order valence-corrected chi connectivity index (χ3v) is 9.77. The summed E-state index contributed by atoms with van der Waals surface area (Å²) in [6, 6.07) is 19.2. The molecule has 0 radical (unpaired) electrons. The van der Waals surface area contributed by atoms with Gasteiger partial charge in [-0.2, -0.15) is 0 Å². The number of nitrogens with zero attached hydrogens (tertiary/aromatic N) is 1. The molecule has 2 aromatic heterocycles. The maximum absolute atomic E-state index is 9.17. The lowest BCUT2D eigenvalue weighted by atomic mass is 9.60. The van der Waals surface area contributed by atoms with Crippen LogP contribution in [0.15, 0.2) is 65.2 Å². The highest BCUT2D eigenvalue weighted by molar-refractivity contribution is 6.24. The highest BCUT2D eigenvalue weighted by Crippen LogP contribution is 2.54. The summed E-state index contributed by atoms with van der Waals surface area (Å²) in [4.78, 5) is 0. The van der Waals surface area contributed by atoms with Gasteiger partial charge in [0, 0.05) is 34.6 Å². The van der Waals surface area contributed by atoms with E-state index in [1.807, 2.05) is 39.3 Å². The van der Waals surface area contributed by atoms with Crippen LogP contribution in [0.5, 0.6) is 0 Å². The van der Waals surface area contributed by atoms with E-state index in [2.05, 4.69) is 76.2 Å². The number of pyridine rings is 1. The van der Waals surface area contributed by atoms with Crippen molar-refractivity contribution in [1.82, 2.24) is 0 Å². The number of fused-ring (bicyclic) bond motifs is 10. The van der Waals surface area contributed by atoms with E-state index in [1.165, 1.54) is 32.7 Å². The van der Waals surface area contributed by atoms with Gasteiger partial charge >= 0.3 is 0 Å². The molecule has 0 N–H and O–H groups in total. The molecular weight excluding hydrogens is 522 g/mol. The lowest BCUT2D eigenvalue weighted by Crippen LogP contribution is -2.34. The van der Waals surface area contributed by atoms with Crippen molar-refractivity contribution in [3.05, 3.63) is 88.6 Å². The Balaban J connectivity index is 1.64. The van der Waals surface area contributed by atoms with Gasteiger partial charge in [-0.05, 0) is 93.7 Å². The minimum Gasteiger partial charge on any atom is -0.454 e. The summed E-state index contributed by atoms with van der Waals surface area (Å²) in [5.41, 5.74) is 6.20. The molecule has 7 rings (SSSR count). The molecule has 0 saturated carbocycles. The van der Waals surface area contributed by atoms with Gasteiger partial charge in [-0.3, -0.25) is 0 Å². The minimum absolute atomic E-state index is 0.00465. The van der Waals surface area contributed by atoms with E-state index in [0.29, 0.717) is 5.69 Å². The number of aromatic nitrogens is 1. The average molecular weight is 574 g/mol. The molecule has 0 saturated heterocycles. The van der Waals surface area contributed by atoms with Gasteiger partial charge in [-0.1, -0.05) is 90.9 Å². The number of rotatable bonds is 2. The van der Waals surface area contributed by atoms with Gasteiger partial charge < -0.3 is 4.42 Å². The number of furan rings is 1. The number of hydrogen-bond acceptors (Lipinski definition) is 1. The van der Waals surface area contributed by atoms with Gasteiger partial charge in [0.15, 0.2) is 6.20 Å². The van der Waals surface area contributed by atoms with Crippen molar-refractivity contribution in [3.8, 4) is 11.3 Å². The molecular formula is C41H46NO+. The van der Waals surface area contributed by atoms with Crippen LogP contribution in [0.4, 0.5) is 0 Å². The van der Waals surface area contributed by atoms with Crippen LogP contribution in [0.2, 0.25) is 0 Å². The first-order valence-corrected chi connectivity index (χ1v) is 15.6. The van der Waals surface area contributed by atoms with E-state index < -0.39 is 18.6 Å². The molecule has 0 spiro atoms. The Kier molecular flexibility index (Phi) is 4.87. The average Bonchev–Trinajstić information content (AvgIpc) is 3.36. The third-order valence-electron chi connectivity index (χ3n) is 9.77. The molecule has 0 atom stereocenters. The third kappa shape index (κ3) is 4.24. The summed E-state index contributed by atoms with van der Waals surface area (Å²) in [5.74, 6) is 0. The largest absolute Gasteiger partial charge is 0.454 e. The van der Waals surface area contributed by atoms with E-state index in [1.54, 1.807) is 12.3 Å². The first kappa shape index (κ1) is 22.8. The lowest BCUT2D eigenvalue weighted by Gasteiger charge is -2.43. The van der Waals surface area contributed by atoms with E-state index in [0.717, 1.165) is 45.9 Å². The second-order valence-corrected chi connectivity index (χ2v) is 15.1. The summed E-state index contributed by atoms with van der Waals surface area (Å²) in [5, 5.41) is 6.94. The van der Waals surface area contributed by atoms with Gasteiger partial charge in [0.25, 0.3) is 0 Å². The molecule has 2 nitrogen and oxygen atoms in total. The molecule has 1 aliphatic carbocycles. The molecule has 0 aliphatic heterocycles. The van der Waals surface area contributed by atoms with Crippen LogP contribution in [0, 0.1) is 19.2 Å². The Hall–Kier alpha value is -3.65. The SMILES string of the molecule is [2H]C([2H])([2H])c1c[n+](C)c(-c2c(C)ccc3c2oc2c3ccc3c4ccccc4c4c(c32)C(C)(C)CCC4(C)C)cc1C([2H])([2H])C(C)(C)C. The van der Waals surface area contributed by atoms with Crippen LogP contribution in [0.3, 0.4) is 0 Å². The van der Waals surface area contributed by atoms with Gasteiger partial charge in [0.1, 0.15) is 18.2 Å². The maximum atomic E-state index is 9.17. The first-order chi connectivity index (χ1) is 22.2. The Labute approximate surface area is 263 Å². The van der Waals surface area contributed by atoms with Crippen LogP contribution in [-0.2, 0) is 24.3 Å². The molecule has 0 amide bonds. The predicted octanol–water partition coefficient (Wildman–Crippen LogP) is 10.9. The van der Waals surface area contributed by atoms with Crippen molar-refractivity contribution in [2.45, 2.75) is 92.3 Å². The zero-order chi connectivity index (χ0) is 34.9. The summed E-state index contributed by atoms with van der Waals surface area (Å²) >= 11 is 0. The summed E-state index contributed by atoms with van der Waals surface area (Å²) in [7, 11) is 1.84. The quantitative estimate of drug-likeness (QED) is 0.149. The van der Waals surface area contributed by atoms with Crippen LogP contribution in [0.25, 0.3) is 54.7 Å². The topological polar surface area (TPSA) is 17.0 Å². The van der Waals surface area contributed by atoms with Crippen molar-refractivity contribution >= 4 is 43.5 Å².